The fraction of sp³-hybridized carbons (Fsp3) is 0.714. The first-order valence-electron chi connectivity index (χ1n) is 7.92. The molecule has 0 saturated carbocycles. The normalized spacial score (nSPS) is 15.1. The van der Waals surface area contributed by atoms with Gasteiger partial charge in [0.25, 0.3) is 0 Å². The van der Waals surface area contributed by atoms with E-state index in [4.69, 9.17) is 15.9 Å². The van der Waals surface area contributed by atoms with E-state index in [0.29, 0.717) is 5.75 Å². The number of hydrogen-bond donors (Lipinski definition) is 8. The van der Waals surface area contributed by atoms with Crippen LogP contribution in [0, 0.1) is 0 Å². The van der Waals surface area contributed by atoms with Crippen molar-refractivity contribution in [1.82, 2.24) is 16.0 Å². The van der Waals surface area contributed by atoms with Gasteiger partial charge in [-0.1, -0.05) is 0 Å². The van der Waals surface area contributed by atoms with Gasteiger partial charge in [0.2, 0.25) is 17.7 Å². The van der Waals surface area contributed by atoms with Gasteiger partial charge < -0.3 is 31.9 Å². The predicted octanol–water partition coefficient (Wildman–Crippen LogP) is -2.54. The van der Waals surface area contributed by atoms with Crippen LogP contribution in [-0.2, 0) is 19.2 Å². The molecule has 4 unspecified atom stereocenters. The van der Waals surface area contributed by atoms with E-state index in [1.54, 1.807) is 0 Å². The van der Waals surface area contributed by atoms with E-state index in [1.807, 2.05) is 6.26 Å². The Hall–Kier alpha value is -1.15. The summed E-state index contributed by atoms with van der Waals surface area (Å²) < 4.78 is 0. The lowest BCUT2D eigenvalue weighted by molar-refractivity contribution is -0.141. The Morgan fingerprint density at radius 2 is 1.44 bits per heavy atom. The highest BCUT2D eigenvalue weighted by atomic mass is 32.2. The number of rotatable bonds is 13. The second-order valence-corrected chi connectivity index (χ2v) is 7.17. The molecule has 0 radical (unpaired) electrons. The number of aliphatic hydroxyl groups excluding tert-OH is 1. The topological polar surface area (TPSA) is 171 Å². The summed E-state index contributed by atoms with van der Waals surface area (Å²) in [6, 6.07) is -4.47. The van der Waals surface area contributed by atoms with Crippen LogP contribution in [0.4, 0.5) is 0 Å². The third-order valence-electron chi connectivity index (χ3n) is 3.39. The molecule has 0 aromatic rings. The Morgan fingerprint density at radius 1 is 0.963 bits per heavy atom. The predicted molar refractivity (Wildman–Crippen MR) is 109 cm³/mol. The molecular weight excluding hydrogens is 416 g/mol. The summed E-state index contributed by atoms with van der Waals surface area (Å²) in [6.07, 6.45) is 2.09. The number of nitrogens with two attached hydrogens (primary N) is 1. The van der Waals surface area contributed by atoms with Gasteiger partial charge in [-0.25, -0.2) is 4.79 Å². The van der Waals surface area contributed by atoms with Gasteiger partial charge >= 0.3 is 5.97 Å². The molecule has 0 heterocycles. The molecule has 4 atom stereocenters. The van der Waals surface area contributed by atoms with E-state index >= 15 is 0 Å². The number of thiol groups is 2. The fourth-order valence-electron chi connectivity index (χ4n) is 1.79. The molecule has 27 heavy (non-hydrogen) atoms. The lowest BCUT2D eigenvalue weighted by Gasteiger charge is -2.24. The number of hydrogen-bond acceptors (Lipinski definition) is 9. The van der Waals surface area contributed by atoms with Crippen molar-refractivity contribution in [2.45, 2.75) is 30.6 Å². The Balaban J connectivity index is 5.04. The first kappa shape index (κ1) is 25.9. The van der Waals surface area contributed by atoms with E-state index in [2.05, 4.69) is 41.2 Å². The number of thioether (sulfide) groups is 1. The number of aliphatic carboxylic acids is 1. The van der Waals surface area contributed by atoms with E-state index in [1.165, 1.54) is 11.8 Å². The minimum atomic E-state index is -1.26. The molecule has 7 N–H and O–H groups in total. The number of carboxylic acid groups (broad SMARTS) is 1. The second kappa shape index (κ2) is 13.9. The SMILES string of the molecule is CSCCC(NC(=O)C(N)CO)C(=O)NC(CS)C(=O)NC(CS)C(=O)O. The summed E-state index contributed by atoms with van der Waals surface area (Å²) in [5.74, 6) is -3.01. The summed E-state index contributed by atoms with van der Waals surface area (Å²) in [5, 5.41) is 25.0. The van der Waals surface area contributed by atoms with E-state index in [9.17, 15) is 19.2 Å². The van der Waals surface area contributed by atoms with E-state index in [0.717, 1.165) is 0 Å². The molecule has 3 amide bonds. The molecule has 156 valence electrons. The quantitative estimate of drug-likeness (QED) is 0.144. The molecule has 10 nitrogen and oxygen atoms in total. The summed E-state index contributed by atoms with van der Waals surface area (Å²) in [5.41, 5.74) is 5.43. The highest BCUT2D eigenvalue weighted by Crippen LogP contribution is 2.03. The minimum absolute atomic E-state index is 0.0875. The Bertz CT molecular complexity index is 525. The summed E-state index contributed by atoms with van der Waals surface area (Å²) in [4.78, 5) is 47.5. The smallest absolute Gasteiger partial charge is 0.327 e. The first-order valence-corrected chi connectivity index (χ1v) is 10.6. The Kier molecular flexibility index (Phi) is 13.3. The molecule has 0 bridgehead atoms. The third kappa shape index (κ3) is 9.55. The molecule has 0 spiro atoms. The van der Waals surface area contributed by atoms with Gasteiger partial charge in [0.05, 0.1) is 6.61 Å². The molecule has 0 fully saturated rings. The lowest BCUT2D eigenvalue weighted by Crippen LogP contribution is -2.58. The zero-order valence-electron chi connectivity index (χ0n) is 14.8. The number of carbonyl (C=O) groups excluding carboxylic acids is 3. The van der Waals surface area contributed by atoms with Crippen LogP contribution < -0.4 is 21.7 Å². The number of carboxylic acids is 1. The molecule has 0 aromatic heterocycles. The summed E-state index contributed by atoms with van der Waals surface area (Å²) in [6.45, 7) is -0.579. The highest BCUT2D eigenvalue weighted by molar-refractivity contribution is 7.98. The minimum Gasteiger partial charge on any atom is -0.480 e. The van der Waals surface area contributed by atoms with Gasteiger partial charge in [0.1, 0.15) is 24.2 Å². The van der Waals surface area contributed by atoms with Crippen molar-refractivity contribution in [1.29, 1.82) is 0 Å². The van der Waals surface area contributed by atoms with Crippen LogP contribution >= 0.6 is 37.0 Å². The molecular formula is C14H26N4O6S3. The van der Waals surface area contributed by atoms with Gasteiger partial charge in [0.15, 0.2) is 0 Å². The first-order chi connectivity index (χ1) is 12.7. The van der Waals surface area contributed by atoms with Crippen LogP contribution in [0.15, 0.2) is 0 Å². The highest BCUT2D eigenvalue weighted by Gasteiger charge is 2.29. The summed E-state index contributed by atoms with van der Waals surface area (Å²) in [7, 11) is 0. The van der Waals surface area contributed by atoms with Crippen molar-refractivity contribution < 1.29 is 29.4 Å². The molecule has 0 rings (SSSR count). The van der Waals surface area contributed by atoms with Gasteiger partial charge in [-0.15, -0.1) is 0 Å². The average Bonchev–Trinajstić information content (AvgIpc) is 2.65. The van der Waals surface area contributed by atoms with Crippen LogP contribution in [0.3, 0.4) is 0 Å². The molecule has 0 aliphatic carbocycles. The average molecular weight is 443 g/mol. The van der Waals surface area contributed by atoms with Crippen LogP contribution in [-0.4, -0.2) is 88.2 Å². The van der Waals surface area contributed by atoms with Crippen molar-refractivity contribution in [3.8, 4) is 0 Å². The van der Waals surface area contributed by atoms with Crippen molar-refractivity contribution in [3.05, 3.63) is 0 Å². The van der Waals surface area contributed by atoms with Crippen LogP contribution in [0.5, 0.6) is 0 Å². The largest absolute Gasteiger partial charge is 0.480 e. The van der Waals surface area contributed by atoms with Crippen LogP contribution in [0.2, 0.25) is 0 Å². The van der Waals surface area contributed by atoms with Crippen molar-refractivity contribution in [3.63, 3.8) is 0 Å². The lowest BCUT2D eigenvalue weighted by atomic mass is 10.1. The van der Waals surface area contributed by atoms with E-state index < -0.39 is 54.5 Å². The van der Waals surface area contributed by atoms with Crippen molar-refractivity contribution in [2.75, 3.05) is 30.1 Å². The van der Waals surface area contributed by atoms with Crippen molar-refractivity contribution in [2.24, 2.45) is 5.73 Å². The van der Waals surface area contributed by atoms with Gasteiger partial charge in [0, 0.05) is 11.5 Å². The molecule has 0 aliphatic rings. The monoisotopic (exact) mass is 442 g/mol. The van der Waals surface area contributed by atoms with Gasteiger partial charge in [-0.2, -0.15) is 37.0 Å². The second-order valence-electron chi connectivity index (χ2n) is 5.46. The maximum Gasteiger partial charge on any atom is 0.327 e. The molecule has 0 saturated heterocycles. The van der Waals surface area contributed by atoms with Gasteiger partial charge in [-0.3, -0.25) is 14.4 Å². The van der Waals surface area contributed by atoms with Gasteiger partial charge in [-0.05, 0) is 18.4 Å². The maximum atomic E-state index is 12.5. The number of nitrogens with one attached hydrogen (secondary N) is 3. The molecule has 0 aromatic carbocycles. The Morgan fingerprint density at radius 3 is 1.89 bits per heavy atom. The van der Waals surface area contributed by atoms with Crippen molar-refractivity contribution >= 4 is 60.7 Å². The zero-order chi connectivity index (χ0) is 21.0. The number of aliphatic hydroxyl groups is 1. The zero-order valence-corrected chi connectivity index (χ0v) is 17.4. The molecule has 13 heteroatoms. The van der Waals surface area contributed by atoms with Crippen LogP contribution in [0.25, 0.3) is 0 Å². The standard InChI is InChI=1S/C14H26N4O6S3/c1-27-3-2-8(16-11(20)7(15)4-19)12(21)17-9(5-25)13(22)18-10(6-26)14(23)24/h7-10,19,25-26H,2-6,15H2,1H3,(H,16,20)(H,17,21)(H,18,22)(H,23,24). The van der Waals surface area contributed by atoms with E-state index in [-0.39, 0.29) is 17.9 Å². The maximum absolute atomic E-state index is 12.5. The fourth-order valence-corrected chi connectivity index (χ4v) is 2.77. The van der Waals surface area contributed by atoms with Crippen LogP contribution in [0.1, 0.15) is 6.42 Å². The molecule has 0 aliphatic heterocycles. The summed E-state index contributed by atoms with van der Waals surface area (Å²) >= 11 is 9.31. The number of amides is 3. The Labute approximate surface area is 172 Å². The number of carbonyl (C=O) groups is 4. The third-order valence-corrected chi connectivity index (χ3v) is 4.76.